The molecule has 0 aliphatic carbocycles. The second-order valence-electron chi connectivity index (χ2n) is 4.00. The number of nitrogens with one attached hydrogen (secondary N) is 1. The molecule has 0 aromatic heterocycles. The number of nitrogens with zero attached hydrogens (tertiary/aromatic N) is 1. The van der Waals surface area contributed by atoms with Gasteiger partial charge in [0.25, 0.3) is 0 Å². The van der Waals surface area contributed by atoms with Crippen LogP contribution in [0, 0.1) is 30.0 Å². The van der Waals surface area contributed by atoms with Gasteiger partial charge in [-0.2, -0.15) is 5.26 Å². The lowest BCUT2D eigenvalue weighted by Gasteiger charge is -2.10. The van der Waals surface area contributed by atoms with E-state index in [2.05, 4.69) is 5.32 Å². The minimum Gasteiger partial charge on any atom is -0.351 e. The average molecular weight is 269 g/mol. The predicted octanol–water partition coefficient (Wildman–Crippen LogP) is 2.95. The molecule has 5 heteroatoms. The number of aryl methyl sites for hydroxylation is 1. The number of hydrogen-bond donors (Lipinski definition) is 1. The van der Waals surface area contributed by atoms with Gasteiger partial charge in [-0.3, -0.25) is 4.79 Å². The summed E-state index contributed by atoms with van der Waals surface area (Å²) < 4.78 is 13.4. The average Bonchev–Trinajstić information content (AvgIpc) is 2.33. The molecule has 1 atom stereocenters. The highest BCUT2D eigenvalue weighted by Gasteiger charge is 2.15. The fraction of sp³-hybridized carbons (Fsp3) is 0.385. The number of rotatable bonds is 4. The lowest BCUT2D eigenvalue weighted by molar-refractivity contribution is -0.123. The molecular weight excluding hydrogens is 255 g/mol. The molecule has 0 saturated heterocycles. The van der Waals surface area contributed by atoms with Gasteiger partial charge in [-0.15, -0.1) is 0 Å². The highest BCUT2D eigenvalue weighted by molar-refractivity contribution is 6.31. The van der Waals surface area contributed by atoms with Crippen molar-refractivity contribution in [3.63, 3.8) is 0 Å². The van der Waals surface area contributed by atoms with Crippen molar-refractivity contribution >= 4 is 17.5 Å². The Bertz CT molecular complexity index is 496. The number of nitriles is 1. The van der Waals surface area contributed by atoms with Crippen molar-refractivity contribution in [3.05, 3.63) is 34.1 Å². The molecule has 0 bridgehead atoms. The molecule has 96 valence electrons. The van der Waals surface area contributed by atoms with E-state index >= 15 is 0 Å². The van der Waals surface area contributed by atoms with Gasteiger partial charge in [0, 0.05) is 11.6 Å². The van der Waals surface area contributed by atoms with Crippen molar-refractivity contribution in [1.29, 1.82) is 5.26 Å². The Morgan fingerprint density at radius 2 is 2.28 bits per heavy atom. The minimum atomic E-state index is -0.681. The Labute approximate surface area is 111 Å². The van der Waals surface area contributed by atoms with E-state index in [0.29, 0.717) is 22.6 Å². The van der Waals surface area contributed by atoms with E-state index in [0.717, 1.165) is 0 Å². The molecule has 0 spiro atoms. The molecule has 1 aromatic carbocycles. The summed E-state index contributed by atoms with van der Waals surface area (Å²) in [5.41, 5.74) is 0.958. The summed E-state index contributed by atoms with van der Waals surface area (Å²) in [6.07, 6.45) is 0.443. The fourth-order valence-corrected chi connectivity index (χ4v) is 1.75. The molecule has 1 N–H and O–H groups in total. The smallest absolute Gasteiger partial charge is 0.237 e. The summed E-state index contributed by atoms with van der Waals surface area (Å²) in [6, 6.07) is 4.71. The van der Waals surface area contributed by atoms with Gasteiger partial charge in [-0.1, -0.05) is 18.5 Å². The highest BCUT2D eigenvalue weighted by atomic mass is 35.5. The highest BCUT2D eigenvalue weighted by Crippen LogP contribution is 2.20. The van der Waals surface area contributed by atoms with Gasteiger partial charge in [0.2, 0.25) is 5.91 Å². The zero-order valence-corrected chi connectivity index (χ0v) is 11.0. The van der Waals surface area contributed by atoms with Crippen molar-refractivity contribution < 1.29 is 9.18 Å². The zero-order chi connectivity index (χ0) is 13.7. The van der Waals surface area contributed by atoms with Gasteiger partial charge in [-0.25, -0.2) is 4.39 Å². The second kappa shape index (κ2) is 6.36. The summed E-state index contributed by atoms with van der Waals surface area (Å²) >= 11 is 5.95. The van der Waals surface area contributed by atoms with Crippen LogP contribution in [0.4, 0.5) is 4.39 Å². The van der Waals surface area contributed by atoms with Gasteiger partial charge in [0.1, 0.15) is 11.7 Å². The molecule has 1 aromatic rings. The number of hydrogen-bond acceptors (Lipinski definition) is 2. The molecule has 1 unspecified atom stereocenters. The molecule has 0 aliphatic heterocycles. The Balaban J connectivity index is 2.73. The number of carbonyl (C=O) groups is 1. The first-order valence-corrected chi connectivity index (χ1v) is 5.99. The lowest BCUT2D eigenvalue weighted by Crippen LogP contribution is -2.29. The SMILES string of the molecule is CCC(C#N)C(=O)NCc1cc(F)c(C)cc1Cl. The zero-order valence-electron chi connectivity index (χ0n) is 10.3. The first-order valence-electron chi connectivity index (χ1n) is 5.61. The van der Waals surface area contributed by atoms with Crippen molar-refractivity contribution in [1.82, 2.24) is 5.32 Å². The van der Waals surface area contributed by atoms with E-state index in [9.17, 15) is 9.18 Å². The standard InChI is InChI=1S/C13H14ClFN2O/c1-3-9(6-16)13(18)17-7-10-5-12(15)8(2)4-11(10)14/h4-5,9H,3,7H2,1-2H3,(H,17,18). The lowest BCUT2D eigenvalue weighted by atomic mass is 10.1. The monoisotopic (exact) mass is 268 g/mol. The van der Waals surface area contributed by atoms with Crippen LogP contribution in [0.3, 0.4) is 0 Å². The predicted molar refractivity (Wildman–Crippen MR) is 67.4 cm³/mol. The second-order valence-corrected chi connectivity index (χ2v) is 4.41. The van der Waals surface area contributed by atoms with Gasteiger partial charge in [0.05, 0.1) is 6.07 Å². The molecule has 3 nitrogen and oxygen atoms in total. The Morgan fingerprint density at radius 1 is 1.61 bits per heavy atom. The normalized spacial score (nSPS) is 11.7. The summed E-state index contributed by atoms with van der Waals surface area (Å²) in [7, 11) is 0. The van der Waals surface area contributed by atoms with Gasteiger partial charge in [0.15, 0.2) is 0 Å². The third-order valence-electron chi connectivity index (χ3n) is 2.66. The van der Waals surface area contributed by atoms with E-state index in [1.165, 1.54) is 12.1 Å². The van der Waals surface area contributed by atoms with E-state index < -0.39 is 5.92 Å². The van der Waals surface area contributed by atoms with Crippen molar-refractivity contribution in [2.75, 3.05) is 0 Å². The van der Waals surface area contributed by atoms with Crippen molar-refractivity contribution in [2.24, 2.45) is 5.92 Å². The first kappa shape index (κ1) is 14.5. The topological polar surface area (TPSA) is 52.9 Å². The Kier molecular flexibility index (Phi) is 5.11. The van der Waals surface area contributed by atoms with Crippen LogP contribution in [0.25, 0.3) is 0 Å². The van der Waals surface area contributed by atoms with Crippen LogP contribution >= 0.6 is 11.6 Å². The largest absolute Gasteiger partial charge is 0.351 e. The van der Waals surface area contributed by atoms with E-state index in [-0.39, 0.29) is 18.3 Å². The van der Waals surface area contributed by atoms with Gasteiger partial charge in [-0.05, 0) is 36.6 Å². The van der Waals surface area contributed by atoms with Crippen LogP contribution in [-0.2, 0) is 11.3 Å². The van der Waals surface area contributed by atoms with Crippen LogP contribution in [0.15, 0.2) is 12.1 Å². The van der Waals surface area contributed by atoms with Crippen molar-refractivity contribution in [3.8, 4) is 6.07 Å². The third kappa shape index (κ3) is 3.44. The fourth-order valence-electron chi connectivity index (χ4n) is 1.46. The van der Waals surface area contributed by atoms with Crippen LogP contribution in [0.2, 0.25) is 5.02 Å². The molecule has 0 aliphatic rings. The Hall–Kier alpha value is -1.60. The summed E-state index contributed by atoms with van der Waals surface area (Å²) in [6.45, 7) is 3.49. The van der Waals surface area contributed by atoms with Crippen LogP contribution in [0.5, 0.6) is 0 Å². The van der Waals surface area contributed by atoms with E-state index in [4.69, 9.17) is 16.9 Å². The summed E-state index contributed by atoms with van der Waals surface area (Å²) in [5, 5.41) is 11.7. The number of carbonyl (C=O) groups excluding carboxylic acids is 1. The molecule has 1 amide bonds. The molecule has 18 heavy (non-hydrogen) atoms. The van der Waals surface area contributed by atoms with Crippen LogP contribution < -0.4 is 5.32 Å². The maximum Gasteiger partial charge on any atom is 0.237 e. The quantitative estimate of drug-likeness (QED) is 0.913. The first-order chi connectivity index (χ1) is 8.49. The van der Waals surface area contributed by atoms with Crippen LogP contribution in [-0.4, -0.2) is 5.91 Å². The number of benzene rings is 1. The van der Waals surface area contributed by atoms with Crippen LogP contribution in [0.1, 0.15) is 24.5 Å². The molecular formula is C13H14ClFN2O. The summed E-state index contributed by atoms with van der Waals surface area (Å²) in [5.74, 6) is -1.41. The molecule has 0 saturated carbocycles. The van der Waals surface area contributed by atoms with Gasteiger partial charge < -0.3 is 5.32 Å². The minimum absolute atomic E-state index is 0.118. The molecule has 1 rings (SSSR count). The Morgan fingerprint density at radius 3 is 2.83 bits per heavy atom. The van der Waals surface area contributed by atoms with Gasteiger partial charge >= 0.3 is 0 Å². The third-order valence-corrected chi connectivity index (χ3v) is 3.01. The molecule has 0 heterocycles. The van der Waals surface area contributed by atoms with E-state index in [1.807, 2.05) is 6.07 Å². The number of halogens is 2. The maximum absolute atomic E-state index is 13.4. The summed E-state index contributed by atoms with van der Waals surface area (Å²) in [4.78, 5) is 11.6. The molecule has 0 fully saturated rings. The van der Waals surface area contributed by atoms with E-state index in [1.54, 1.807) is 13.8 Å². The molecule has 0 radical (unpaired) electrons. The number of amides is 1. The van der Waals surface area contributed by atoms with Crippen molar-refractivity contribution in [2.45, 2.75) is 26.8 Å². The maximum atomic E-state index is 13.4.